The molecule has 37 heavy (non-hydrogen) atoms. The number of hydrogen-bond donors (Lipinski definition) is 1. The number of nitrogens with zero attached hydrogens (tertiary/aromatic N) is 1. The minimum Gasteiger partial charge on any atom is -0.465 e. The first-order valence-electron chi connectivity index (χ1n) is 12.4. The first-order valence-corrected chi connectivity index (χ1v) is 13.6. The summed E-state index contributed by atoms with van der Waals surface area (Å²) in [6.45, 7) is 6.77. The van der Waals surface area contributed by atoms with Gasteiger partial charge in [0.25, 0.3) is 5.91 Å². The predicted octanol–water partition coefficient (Wildman–Crippen LogP) is 7.81. The molecule has 0 saturated carbocycles. The van der Waals surface area contributed by atoms with Gasteiger partial charge in [0, 0.05) is 20.8 Å². The zero-order valence-corrected chi connectivity index (χ0v) is 22.9. The van der Waals surface area contributed by atoms with Crippen molar-refractivity contribution in [2.24, 2.45) is 11.3 Å². The maximum absolute atomic E-state index is 13.8. The zero-order valence-electron chi connectivity index (χ0n) is 21.4. The standard InChI is InChI=1S/C30H29ClN2O3S/c1-30(2,3)17-13-14-20-25(15-17)37-28(26(20)29(35)36-4)33-27(34)21-16-24(19-10-5-7-11-22(19)31)32-23-12-8-6-9-18(21)23/h5-12,16-17H,13-15H2,1-4H3,(H,33,34)/t17-/m1/s1. The van der Waals surface area contributed by atoms with Crippen molar-refractivity contribution in [2.75, 3.05) is 12.4 Å². The Balaban J connectivity index is 1.57. The van der Waals surface area contributed by atoms with Crippen molar-refractivity contribution in [3.63, 3.8) is 0 Å². The largest absolute Gasteiger partial charge is 0.465 e. The number of halogens is 1. The van der Waals surface area contributed by atoms with E-state index in [0.717, 1.165) is 40.7 Å². The first kappa shape index (κ1) is 25.4. The summed E-state index contributed by atoms with van der Waals surface area (Å²) in [5, 5.41) is 4.88. The van der Waals surface area contributed by atoms with Crippen molar-refractivity contribution in [1.29, 1.82) is 0 Å². The van der Waals surface area contributed by atoms with E-state index in [1.165, 1.54) is 18.4 Å². The van der Waals surface area contributed by atoms with Gasteiger partial charge in [0.1, 0.15) is 5.00 Å². The highest BCUT2D eigenvalue weighted by atomic mass is 35.5. The maximum atomic E-state index is 13.8. The van der Waals surface area contributed by atoms with E-state index in [2.05, 4.69) is 26.1 Å². The number of rotatable bonds is 4. The van der Waals surface area contributed by atoms with E-state index in [4.69, 9.17) is 21.3 Å². The summed E-state index contributed by atoms with van der Waals surface area (Å²) in [5.41, 5.74) is 4.17. The van der Waals surface area contributed by atoms with E-state index in [-0.39, 0.29) is 11.3 Å². The Kier molecular flexibility index (Phi) is 6.82. The molecule has 1 aliphatic rings. The highest BCUT2D eigenvalue weighted by Crippen LogP contribution is 2.44. The molecule has 4 aromatic rings. The molecule has 2 aromatic heterocycles. The van der Waals surface area contributed by atoms with Crippen molar-refractivity contribution in [2.45, 2.75) is 40.0 Å². The molecule has 2 aromatic carbocycles. The number of ether oxygens (including phenoxy) is 1. The molecule has 0 aliphatic heterocycles. The van der Waals surface area contributed by atoms with Gasteiger partial charge in [-0.1, -0.05) is 68.8 Å². The Bertz CT molecular complexity index is 1520. The lowest BCUT2D eigenvalue weighted by Crippen LogP contribution is -2.26. The summed E-state index contributed by atoms with van der Waals surface area (Å²) in [7, 11) is 1.38. The molecule has 0 fully saturated rings. The number of anilines is 1. The third-order valence-corrected chi connectivity index (χ3v) is 8.72. The Morgan fingerprint density at radius 1 is 1.11 bits per heavy atom. The molecule has 1 atom stereocenters. The molecule has 0 saturated heterocycles. The molecule has 1 aliphatic carbocycles. The number of para-hydroxylation sites is 1. The smallest absolute Gasteiger partial charge is 0.341 e. The third-order valence-electron chi connectivity index (χ3n) is 7.22. The van der Waals surface area contributed by atoms with Gasteiger partial charge in [-0.15, -0.1) is 11.3 Å². The van der Waals surface area contributed by atoms with Crippen LogP contribution in [0, 0.1) is 11.3 Å². The number of aromatic nitrogens is 1. The summed E-state index contributed by atoms with van der Waals surface area (Å²) >= 11 is 7.94. The van der Waals surface area contributed by atoms with Crippen LogP contribution >= 0.6 is 22.9 Å². The van der Waals surface area contributed by atoms with Crippen LogP contribution in [0.25, 0.3) is 22.2 Å². The van der Waals surface area contributed by atoms with E-state index in [1.54, 1.807) is 12.1 Å². The fraction of sp³-hybridized carbons (Fsp3) is 0.300. The average molecular weight is 533 g/mol. The topological polar surface area (TPSA) is 68.3 Å². The fourth-order valence-electron chi connectivity index (χ4n) is 5.07. The number of carbonyl (C=O) groups excluding carboxylic acids is 2. The summed E-state index contributed by atoms with van der Waals surface area (Å²) in [6.07, 6.45) is 2.68. The molecule has 190 valence electrons. The molecule has 0 radical (unpaired) electrons. The lowest BCUT2D eigenvalue weighted by molar-refractivity contribution is 0.0600. The van der Waals surface area contributed by atoms with Gasteiger partial charge >= 0.3 is 5.97 Å². The number of pyridine rings is 1. The van der Waals surface area contributed by atoms with Gasteiger partial charge in [-0.2, -0.15) is 0 Å². The van der Waals surface area contributed by atoms with Gasteiger partial charge in [0.05, 0.1) is 29.4 Å². The Morgan fingerprint density at radius 2 is 1.84 bits per heavy atom. The van der Waals surface area contributed by atoms with Gasteiger partial charge in [-0.25, -0.2) is 9.78 Å². The maximum Gasteiger partial charge on any atom is 0.341 e. The molecule has 5 rings (SSSR count). The average Bonchev–Trinajstić information content (AvgIpc) is 3.24. The molecule has 1 N–H and O–H groups in total. The molecule has 5 nitrogen and oxygen atoms in total. The quantitative estimate of drug-likeness (QED) is 0.272. The molecule has 2 heterocycles. The molecule has 7 heteroatoms. The monoisotopic (exact) mass is 532 g/mol. The number of benzene rings is 2. The summed E-state index contributed by atoms with van der Waals surface area (Å²) in [6, 6.07) is 16.7. The van der Waals surface area contributed by atoms with Crippen molar-refractivity contribution in [3.05, 3.63) is 81.2 Å². The fourth-order valence-corrected chi connectivity index (χ4v) is 6.61. The van der Waals surface area contributed by atoms with Crippen molar-refractivity contribution >= 4 is 50.7 Å². The normalized spacial score (nSPS) is 15.3. The molecular formula is C30H29ClN2O3S. The number of amides is 1. The number of hydrogen-bond acceptors (Lipinski definition) is 5. The third kappa shape index (κ3) is 4.88. The highest BCUT2D eigenvalue weighted by Gasteiger charge is 2.34. The number of thiophene rings is 1. The zero-order chi connectivity index (χ0) is 26.3. The van der Waals surface area contributed by atoms with Crippen molar-refractivity contribution in [1.82, 2.24) is 4.98 Å². The van der Waals surface area contributed by atoms with Crippen molar-refractivity contribution < 1.29 is 14.3 Å². The van der Waals surface area contributed by atoms with Crippen LogP contribution in [0.2, 0.25) is 5.02 Å². The van der Waals surface area contributed by atoms with Crippen LogP contribution in [0.15, 0.2) is 54.6 Å². The van der Waals surface area contributed by atoms with E-state index < -0.39 is 5.97 Å². The predicted molar refractivity (Wildman–Crippen MR) is 151 cm³/mol. The van der Waals surface area contributed by atoms with Crippen LogP contribution in [0.3, 0.4) is 0 Å². The number of esters is 1. The second kappa shape index (κ2) is 9.92. The van der Waals surface area contributed by atoms with Crippen LogP contribution in [-0.2, 0) is 17.6 Å². The Morgan fingerprint density at radius 3 is 2.57 bits per heavy atom. The lowest BCUT2D eigenvalue weighted by Gasteiger charge is -2.33. The lowest BCUT2D eigenvalue weighted by atomic mass is 9.72. The van der Waals surface area contributed by atoms with Gasteiger partial charge < -0.3 is 10.1 Å². The van der Waals surface area contributed by atoms with Crippen LogP contribution in [0.1, 0.15) is 58.3 Å². The van der Waals surface area contributed by atoms with E-state index in [9.17, 15) is 9.59 Å². The SMILES string of the molecule is COC(=O)c1c(NC(=O)c2cc(-c3ccccc3Cl)nc3ccccc23)sc2c1CC[C@@H](C(C)(C)C)C2. The Labute approximate surface area is 225 Å². The highest BCUT2D eigenvalue weighted by molar-refractivity contribution is 7.17. The number of carbonyl (C=O) groups is 2. The second-order valence-corrected chi connectivity index (χ2v) is 12.0. The molecular weight excluding hydrogens is 504 g/mol. The second-order valence-electron chi connectivity index (χ2n) is 10.5. The Hall–Kier alpha value is -3.22. The first-order chi connectivity index (χ1) is 17.7. The molecule has 0 bridgehead atoms. The number of nitrogens with one attached hydrogen (secondary N) is 1. The van der Waals surface area contributed by atoms with E-state index in [0.29, 0.717) is 38.3 Å². The minimum absolute atomic E-state index is 0.168. The van der Waals surface area contributed by atoms with Gasteiger partial charge in [0.2, 0.25) is 0 Å². The minimum atomic E-state index is -0.418. The molecule has 0 unspecified atom stereocenters. The van der Waals surface area contributed by atoms with Crippen LogP contribution < -0.4 is 5.32 Å². The van der Waals surface area contributed by atoms with Gasteiger partial charge in [0.15, 0.2) is 0 Å². The molecule has 1 amide bonds. The van der Waals surface area contributed by atoms with E-state index >= 15 is 0 Å². The summed E-state index contributed by atoms with van der Waals surface area (Å²) in [5.74, 6) is -0.212. The van der Waals surface area contributed by atoms with Crippen molar-refractivity contribution in [3.8, 4) is 11.3 Å². The number of fused-ring (bicyclic) bond motifs is 2. The summed E-state index contributed by atoms with van der Waals surface area (Å²) < 4.78 is 5.13. The molecule has 0 spiro atoms. The van der Waals surface area contributed by atoms with Crippen LogP contribution in [0.4, 0.5) is 5.00 Å². The van der Waals surface area contributed by atoms with E-state index in [1.807, 2.05) is 42.5 Å². The van der Waals surface area contributed by atoms with Gasteiger partial charge in [-0.3, -0.25) is 4.79 Å². The summed E-state index contributed by atoms with van der Waals surface area (Å²) in [4.78, 5) is 32.6. The van der Waals surface area contributed by atoms with Crippen LogP contribution in [0.5, 0.6) is 0 Å². The van der Waals surface area contributed by atoms with Crippen LogP contribution in [-0.4, -0.2) is 24.0 Å². The van der Waals surface area contributed by atoms with Gasteiger partial charge in [-0.05, 0) is 54.4 Å². The number of methoxy groups -OCH3 is 1.